The molecule has 1 N–H and O–H groups in total. The van der Waals surface area contributed by atoms with E-state index in [9.17, 15) is 4.39 Å². The summed E-state index contributed by atoms with van der Waals surface area (Å²) in [6.07, 6.45) is 0. The second-order valence-corrected chi connectivity index (χ2v) is 3.43. The van der Waals surface area contributed by atoms with Crippen LogP contribution in [0.25, 0.3) is 10.9 Å². The van der Waals surface area contributed by atoms with E-state index in [0.717, 1.165) is 0 Å². The molecule has 2 aromatic rings. The Morgan fingerprint density at radius 3 is 2.75 bits per heavy atom. The van der Waals surface area contributed by atoms with Crippen molar-refractivity contribution in [1.29, 1.82) is 0 Å². The van der Waals surface area contributed by atoms with Gasteiger partial charge in [0.1, 0.15) is 5.82 Å². The molecule has 0 amide bonds. The maximum absolute atomic E-state index is 13.4. The van der Waals surface area contributed by atoms with Crippen LogP contribution in [-0.4, -0.2) is 24.1 Å². The van der Waals surface area contributed by atoms with Gasteiger partial charge in [0.05, 0.1) is 12.6 Å². The summed E-state index contributed by atoms with van der Waals surface area (Å²) in [6.45, 7) is 0. The lowest BCUT2D eigenvalue weighted by Crippen LogP contribution is -1.98. The SMILES string of the molecule is CNc1nc(Cl)nc2cc(F)c(OC)cc12. The van der Waals surface area contributed by atoms with Crippen LogP contribution in [-0.2, 0) is 0 Å². The van der Waals surface area contributed by atoms with Gasteiger partial charge < -0.3 is 10.1 Å². The number of hydrogen-bond donors (Lipinski definition) is 1. The summed E-state index contributed by atoms with van der Waals surface area (Å²) >= 11 is 5.71. The van der Waals surface area contributed by atoms with Crippen LogP contribution in [0.1, 0.15) is 0 Å². The lowest BCUT2D eigenvalue weighted by Gasteiger charge is -2.07. The van der Waals surface area contributed by atoms with Gasteiger partial charge in [-0.1, -0.05) is 0 Å². The first-order chi connectivity index (χ1) is 7.65. The highest BCUT2D eigenvalue weighted by Crippen LogP contribution is 2.28. The molecule has 1 aromatic heterocycles. The maximum Gasteiger partial charge on any atom is 0.224 e. The molecule has 0 saturated heterocycles. The molecular formula is C10H9ClFN3O. The summed E-state index contributed by atoms with van der Waals surface area (Å²) in [5.74, 6) is 0.204. The third-order valence-corrected chi connectivity index (χ3v) is 2.35. The molecule has 0 radical (unpaired) electrons. The summed E-state index contributed by atoms with van der Waals surface area (Å²) in [6, 6.07) is 2.80. The number of anilines is 1. The van der Waals surface area contributed by atoms with Crippen LogP contribution >= 0.6 is 11.6 Å². The van der Waals surface area contributed by atoms with Gasteiger partial charge in [-0.2, -0.15) is 0 Å². The van der Waals surface area contributed by atoms with Gasteiger partial charge in [0.2, 0.25) is 5.28 Å². The van der Waals surface area contributed by atoms with Crippen molar-refractivity contribution in [1.82, 2.24) is 9.97 Å². The van der Waals surface area contributed by atoms with Crippen LogP contribution < -0.4 is 10.1 Å². The molecule has 4 nitrogen and oxygen atoms in total. The Bertz CT molecular complexity index is 547. The van der Waals surface area contributed by atoms with Gasteiger partial charge in [0.25, 0.3) is 0 Å². The smallest absolute Gasteiger partial charge is 0.224 e. The molecule has 0 spiro atoms. The minimum absolute atomic E-state index is 0.0708. The summed E-state index contributed by atoms with van der Waals surface area (Å²) in [4.78, 5) is 7.93. The molecule has 0 bridgehead atoms. The first kappa shape index (κ1) is 10.9. The quantitative estimate of drug-likeness (QED) is 0.821. The molecule has 0 aliphatic carbocycles. The van der Waals surface area contributed by atoms with Gasteiger partial charge in [-0.15, -0.1) is 0 Å². The number of benzene rings is 1. The first-order valence-electron chi connectivity index (χ1n) is 4.54. The second-order valence-electron chi connectivity index (χ2n) is 3.10. The fourth-order valence-electron chi connectivity index (χ4n) is 1.45. The Kier molecular flexibility index (Phi) is 2.78. The van der Waals surface area contributed by atoms with E-state index < -0.39 is 5.82 Å². The van der Waals surface area contributed by atoms with Gasteiger partial charge >= 0.3 is 0 Å². The molecule has 84 valence electrons. The van der Waals surface area contributed by atoms with Crippen molar-refractivity contribution in [3.63, 3.8) is 0 Å². The van der Waals surface area contributed by atoms with Crippen molar-refractivity contribution >= 4 is 28.3 Å². The Hall–Kier alpha value is -1.62. The van der Waals surface area contributed by atoms with Crippen LogP contribution in [0.15, 0.2) is 12.1 Å². The van der Waals surface area contributed by atoms with Gasteiger partial charge in [-0.05, 0) is 17.7 Å². The number of aromatic nitrogens is 2. The van der Waals surface area contributed by atoms with Gasteiger partial charge in [-0.25, -0.2) is 14.4 Å². The molecule has 6 heteroatoms. The number of fused-ring (bicyclic) bond motifs is 1. The topological polar surface area (TPSA) is 47.0 Å². The Morgan fingerprint density at radius 1 is 1.38 bits per heavy atom. The Labute approximate surface area is 96.4 Å². The van der Waals surface area contributed by atoms with Crippen LogP contribution in [0.4, 0.5) is 10.2 Å². The zero-order valence-electron chi connectivity index (χ0n) is 8.71. The third-order valence-electron chi connectivity index (χ3n) is 2.18. The lowest BCUT2D eigenvalue weighted by molar-refractivity contribution is 0.387. The van der Waals surface area contributed by atoms with Gasteiger partial charge in [-0.3, -0.25) is 0 Å². The summed E-state index contributed by atoms with van der Waals surface area (Å²) in [5.41, 5.74) is 0.433. The monoisotopic (exact) mass is 241 g/mol. The van der Waals surface area contributed by atoms with Crippen LogP contribution in [0.2, 0.25) is 5.28 Å². The fourth-order valence-corrected chi connectivity index (χ4v) is 1.62. The van der Waals surface area contributed by atoms with Crippen molar-refractivity contribution in [3.05, 3.63) is 23.2 Å². The fraction of sp³-hybridized carbons (Fsp3) is 0.200. The highest BCUT2D eigenvalue weighted by Gasteiger charge is 2.10. The van der Waals surface area contributed by atoms with E-state index in [1.165, 1.54) is 19.2 Å². The minimum Gasteiger partial charge on any atom is -0.494 e. The average molecular weight is 242 g/mol. The maximum atomic E-state index is 13.4. The number of nitrogens with zero attached hydrogens (tertiary/aromatic N) is 2. The summed E-state index contributed by atoms with van der Waals surface area (Å²) in [5, 5.41) is 3.60. The van der Waals surface area contributed by atoms with E-state index in [4.69, 9.17) is 16.3 Å². The van der Waals surface area contributed by atoms with Crippen LogP contribution in [0.5, 0.6) is 5.75 Å². The van der Waals surface area contributed by atoms with Crippen molar-refractivity contribution in [2.24, 2.45) is 0 Å². The zero-order valence-corrected chi connectivity index (χ0v) is 9.47. The van der Waals surface area contributed by atoms with Crippen molar-refractivity contribution in [2.75, 3.05) is 19.5 Å². The second kappa shape index (κ2) is 4.09. The van der Waals surface area contributed by atoms with Crippen molar-refractivity contribution < 1.29 is 9.13 Å². The summed E-state index contributed by atoms with van der Waals surface area (Å²) < 4.78 is 18.3. The molecular weight excluding hydrogens is 233 g/mol. The van der Waals surface area contributed by atoms with Gasteiger partial charge in [0, 0.05) is 18.5 Å². The molecule has 2 rings (SSSR count). The van der Waals surface area contributed by atoms with Gasteiger partial charge in [0.15, 0.2) is 11.6 Å². The van der Waals surface area contributed by atoms with E-state index in [2.05, 4.69) is 15.3 Å². The number of rotatable bonds is 2. The highest BCUT2D eigenvalue weighted by atomic mass is 35.5. The summed E-state index contributed by atoms with van der Waals surface area (Å²) in [7, 11) is 3.11. The lowest BCUT2D eigenvalue weighted by atomic mass is 10.2. The highest BCUT2D eigenvalue weighted by molar-refractivity contribution is 6.28. The normalized spacial score (nSPS) is 10.5. The van der Waals surface area contributed by atoms with E-state index in [0.29, 0.717) is 16.7 Å². The van der Waals surface area contributed by atoms with Crippen LogP contribution in [0.3, 0.4) is 0 Å². The molecule has 1 heterocycles. The van der Waals surface area contributed by atoms with Crippen molar-refractivity contribution in [2.45, 2.75) is 0 Å². The standard InChI is InChI=1S/C10H9ClFN3O/c1-13-9-5-3-8(16-2)6(12)4-7(5)14-10(11)15-9/h3-4H,1-2H3,(H,13,14,15). The van der Waals surface area contributed by atoms with Crippen LogP contribution in [0, 0.1) is 5.82 Å². The molecule has 0 aliphatic rings. The van der Waals surface area contributed by atoms with E-state index >= 15 is 0 Å². The molecule has 0 saturated carbocycles. The zero-order chi connectivity index (χ0) is 11.7. The van der Waals surface area contributed by atoms with E-state index in [1.54, 1.807) is 7.05 Å². The number of hydrogen-bond acceptors (Lipinski definition) is 4. The van der Waals surface area contributed by atoms with E-state index in [1.807, 2.05) is 0 Å². The number of nitrogens with one attached hydrogen (secondary N) is 1. The number of methoxy groups -OCH3 is 1. The average Bonchev–Trinajstić information content (AvgIpc) is 2.26. The Balaban J connectivity index is 2.79. The minimum atomic E-state index is -0.480. The third kappa shape index (κ3) is 1.74. The molecule has 16 heavy (non-hydrogen) atoms. The Morgan fingerprint density at radius 2 is 2.12 bits per heavy atom. The first-order valence-corrected chi connectivity index (χ1v) is 4.92. The largest absolute Gasteiger partial charge is 0.494 e. The molecule has 0 fully saturated rings. The predicted octanol–water partition coefficient (Wildman–Crippen LogP) is 2.47. The molecule has 1 aromatic carbocycles. The molecule has 0 unspecified atom stereocenters. The molecule has 0 aliphatic heterocycles. The molecule has 0 atom stereocenters. The van der Waals surface area contributed by atoms with Crippen molar-refractivity contribution in [3.8, 4) is 5.75 Å². The predicted molar refractivity (Wildman–Crippen MR) is 60.6 cm³/mol. The van der Waals surface area contributed by atoms with E-state index in [-0.39, 0.29) is 11.0 Å². The number of halogens is 2. The number of ether oxygens (including phenoxy) is 1.